The molecule has 0 atom stereocenters. The molecule has 162 valence electrons. The Morgan fingerprint density at radius 1 is 0.969 bits per heavy atom. The van der Waals surface area contributed by atoms with E-state index in [1.165, 1.54) is 18.2 Å². The number of aromatic nitrogens is 2. The van der Waals surface area contributed by atoms with Gasteiger partial charge in [0.1, 0.15) is 28.5 Å². The highest BCUT2D eigenvalue weighted by Gasteiger charge is 2.22. The van der Waals surface area contributed by atoms with Gasteiger partial charge in [0.15, 0.2) is 11.6 Å². The zero-order valence-corrected chi connectivity index (χ0v) is 17.1. The minimum Gasteiger partial charge on any atom is -0.319 e. The van der Waals surface area contributed by atoms with Crippen LogP contribution in [-0.4, -0.2) is 15.5 Å². The summed E-state index contributed by atoms with van der Waals surface area (Å²) >= 11 is 12.0. The van der Waals surface area contributed by atoms with Gasteiger partial charge in [0, 0.05) is 18.3 Å². The zero-order chi connectivity index (χ0) is 23.2. The maximum Gasteiger partial charge on any atom is 0.261 e. The van der Waals surface area contributed by atoms with Crippen LogP contribution in [0.15, 0.2) is 53.6 Å². The molecule has 0 unspecified atom stereocenters. The molecule has 2 heterocycles. The smallest absolute Gasteiger partial charge is 0.261 e. The number of anilines is 1. The Morgan fingerprint density at radius 2 is 1.59 bits per heavy atom. The molecule has 2 aromatic heterocycles. The molecule has 1 amide bonds. The van der Waals surface area contributed by atoms with Crippen LogP contribution in [0.1, 0.15) is 10.4 Å². The molecule has 1 N–H and O–H groups in total. The van der Waals surface area contributed by atoms with E-state index in [0.29, 0.717) is 12.1 Å². The highest BCUT2D eigenvalue weighted by Crippen LogP contribution is 2.30. The van der Waals surface area contributed by atoms with Gasteiger partial charge in [0.05, 0.1) is 27.3 Å². The van der Waals surface area contributed by atoms with Crippen LogP contribution in [0.25, 0.3) is 16.7 Å². The van der Waals surface area contributed by atoms with E-state index < -0.39 is 51.2 Å². The molecule has 0 saturated heterocycles. The molecular weight excluding hydrogens is 473 g/mol. The topological polar surface area (TPSA) is 64.0 Å². The summed E-state index contributed by atoms with van der Waals surface area (Å²) in [4.78, 5) is 29.5. The fourth-order valence-electron chi connectivity index (χ4n) is 3.08. The Hall–Kier alpha value is -3.43. The van der Waals surface area contributed by atoms with Crippen molar-refractivity contribution in [2.24, 2.45) is 0 Å². The molecule has 2 aromatic carbocycles. The summed E-state index contributed by atoms with van der Waals surface area (Å²) in [6.07, 6.45) is 1.54. The number of benzene rings is 2. The second-order valence-electron chi connectivity index (χ2n) is 6.54. The molecule has 4 rings (SSSR count). The number of halogens is 6. The van der Waals surface area contributed by atoms with E-state index in [0.717, 1.165) is 23.0 Å². The number of pyridine rings is 2. The first-order valence-electron chi connectivity index (χ1n) is 8.78. The predicted molar refractivity (Wildman–Crippen MR) is 112 cm³/mol. The first kappa shape index (κ1) is 21.8. The van der Waals surface area contributed by atoms with Crippen LogP contribution in [0, 0.1) is 23.3 Å². The number of nitrogens with zero attached hydrogens (tertiary/aromatic N) is 2. The molecule has 5 nitrogen and oxygen atoms in total. The molecule has 4 aromatic rings. The number of rotatable bonds is 3. The zero-order valence-electron chi connectivity index (χ0n) is 15.6. The van der Waals surface area contributed by atoms with Crippen molar-refractivity contribution < 1.29 is 22.4 Å². The molecule has 0 fully saturated rings. The second kappa shape index (κ2) is 8.25. The minimum atomic E-state index is -1.33. The van der Waals surface area contributed by atoms with E-state index in [2.05, 4.69) is 10.3 Å². The van der Waals surface area contributed by atoms with Crippen molar-refractivity contribution in [1.29, 1.82) is 0 Å². The van der Waals surface area contributed by atoms with Crippen LogP contribution in [0.4, 0.5) is 23.2 Å². The summed E-state index contributed by atoms with van der Waals surface area (Å²) in [6, 6.07) is 5.98. The lowest BCUT2D eigenvalue weighted by molar-refractivity contribution is 0.102. The summed E-state index contributed by atoms with van der Waals surface area (Å²) in [7, 11) is 0. The van der Waals surface area contributed by atoms with E-state index in [-0.39, 0.29) is 21.4 Å². The summed E-state index contributed by atoms with van der Waals surface area (Å²) in [5.41, 5.74) is -2.77. The number of nitrogens with one attached hydrogen (secondary N) is 1. The van der Waals surface area contributed by atoms with Gasteiger partial charge in [-0.05, 0) is 18.2 Å². The predicted octanol–water partition coefficient (Wildman–Crippen LogP) is 5.50. The third-order valence-corrected chi connectivity index (χ3v) is 5.11. The van der Waals surface area contributed by atoms with Crippen molar-refractivity contribution in [1.82, 2.24) is 9.55 Å². The Labute approximate surface area is 186 Å². The molecule has 0 saturated carbocycles. The summed E-state index contributed by atoms with van der Waals surface area (Å²) in [5, 5.41) is 2.05. The number of hydrogen-bond donors (Lipinski definition) is 1. The first-order valence-corrected chi connectivity index (χ1v) is 9.54. The van der Waals surface area contributed by atoms with Crippen molar-refractivity contribution >= 4 is 45.8 Å². The molecule has 32 heavy (non-hydrogen) atoms. The van der Waals surface area contributed by atoms with Crippen LogP contribution < -0.4 is 10.7 Å². The molecule has 0 spiro atoms. The third-order valence-electron chi connectivity index (χ3n) is 4.48. The normalized spacial score (nSPS) is 11.1. The SMILES string of the molecule is O=C(Nc1c(Cl)cccc1Cl)c1cn(-c2c(F)cc(F)cc2F)c2ncc(F)cc2c1=O. The second-order valence-corrected chi connectivity index (χ2v) is 7.35. The van der Waals surface area contributed by atoms with Crippen molar-refractivity contribution in [3.8, 4) is 5.69 Å². The van der Waals surface area contributed by atoms with Crippen LogP contribution in [0.2, 0.25) is 10.0 Å². The third kappa shape index (κ3) is 3.80. The molecule has 11 heteroatoms. The molecule has 0 aliphatic heterocycles. The largest absolute Gasteiger partial charge is 0.319 e. The maximum absolute atomic E-state index is 14.5. The fourth-order valence-corrected chi connectivity index (χ4v) is 3.57. The van der Waals surface area contributed by atoms with Crippen molar-refractivity contribution in [3.05, 3.63) is 97.9 Å². The number of amides is 1. The van der Waals surface area contributed by atoms with E-state index in [4.69, 9.17) is 23.2 Å². The standard InChI is InChI=1S/C21H9Cl2F4N3O2/c22-13-2-1-3-14(23)17(13)29-21(32)12-8-30(18-15(26)5-9(24)6-16(18)27)20-11(19(12)31)4-10(25)7-28-20/h1-8H,(H,29,32). The molecular formula is C21H9Cl2F4N3O2. The Morgan fingerprint density at radius 3 is 2.22 bits per heavy atom. The maximum atomic E-state index is 14.5. The lowest BCUT2D eigenvalue weighted by atomic mass is 10.1. The van der Waals surface area contributed by atoms with Gasteiger partial charge in [0.25, 0.3) is 5.91 Å². The lowest BCUT2D eigenvalue weighted by Gasteiger charge is -2.15. The summed E-state index contributed by atoms with van der Waals surface area (Å²) in [6.45, 7) is 0. The molecule has 0 aliphatic rings. The summed E-state index contributed by atoms with van der Waals surface area (Å²) < 4.78 is 56.9. The Bertz CT molecular complexity index is 1430. The van der Waals surface area contributed by atoms with Gasteiger partial charge in [-0.1, -0.05) is 29.3 Å². The van der Waals surface area contributed by atoms with Gasteiger partial charge >= 0.3 is 0 Å². The number of carbonyl (C=O) groups is 1. The number of para-hydroxylation sites is 1. The van der Waals surface area contributed by atoms with Crippen LogP contribution in [0.5, 0.6) is 0 Å². The van der Waals surface area contributed by atoms with Crippen molar-refractivity contribution in [3.63, 3.8) is 0 Å². The lowest BCUT2D eigenvalue weighted by Crippen LogP contribution is -2.25. The highest BCUT2D eigenvalue weighted by atomic mass is 35.5. The van der Waals surface area contributed by atoms with Crippen molar-refractivity contribution in [2.45, 2.75) is 0 Å². The van der Waals surface area contributed by atoms with E-state index >= 15 is 0 Å². The monoisotopic (exact) mass is 481 g/mol. The van der Waals surface area contributed by atoms with E-state index in [9.17, 15) is 27.2 Å². The Kier molecular flexibility index (Phi) is 5.62. The molecule has 0 bridgehead atoms. The van der Waals surface area contributed by atoms with E-state index in [1.807, 2.05) is 0 Å². The van der Waals surface area contributed by atoms with Crippen molar-refractivity contribution in [2.75, 3.05) is 5.32 Å². The number of fused-ring (bicyclic) bond motifs is 1. The van der Waals surface area contributed by atoms with Gasteiger partial charge in [-0.15, -0.1) is 0 Å². The van der Waals surface area contributed by atoms with Gasteiger partial charge in [-0.3, -0.25) is 14.2 Å². The summed E-state index contributed by atoms with van der Waals surface area (Å²) in [5.74, 6) is -5.81. The Balaban J connectivity index is 1.98. The van der Waals surface area contributed by atoms with Gasteiger partial charge < -0.3 is 5.32 Å². The number of carbonyl (C=O) groups excluding carboxylic acids is 1. The number of hydrogen-bond acceptors (Lipinski definition) is 3. The molecule has 0 radical (unpaired) electrons. The van der Waals surface area contributed by atoms with Crippen LogP contribution in [0.3, 0.4) is 0 Å². The average molecular weight is 482 g/mol. The quantitative estimate of drug-likeness (QED) is 0.393. The first-order chi connectivity index (χ1) is 15.2. The average Bonchev–Trinajstić information content (AvgIpc) is 2.71. The van der Waals surface area contributed by atoms with Gasteiger partial charge in [0.2, 0.25) is 5.43 Å². The van der Waals surface area contributed by atoms with Gasteiger partial charge in [-0.25, -0.2) is 22.5 Å². The molecule has 0 aliphatic carbocycles. The highest BCUT2D eigenvalue weighted by molar-refractivity contribution is 6.40. The van der Waals surface area contributed by atoms with Gasteiger partial charge in [-0.2, -0.15) is 0 Å². The van der Waals surface area contributed by atoms with E-state index in [1.54, 1.807) is 0 Å². The van der Waals surface area contributed by atoms with Crippen LogP contribution in [-0.2, 0) is 0 Å². The fraction of sp³-hybridized carbons (Fsp3) is 0. The minimum absolute atomic E-state index is 0.0107. The van der Waals surface area contributed by atoms with Crippen LogP contribution >= 0.6 is 23.2 Å².